The lowest BCUT2D eigenvalue weighted by Crippen LogP contribution is -2.44. The van der Waals surface area contributed by atoms with Crippen LogP contribution in [-0.2, 0) is 19.1 Å². The topological polar surface area (TPSA) is 72.5 Å². The standard InChI is InChI=1S/C22H21NO4S/c1-2-27-22(26)20-15(17-9-6-10-28-17)11-16-19(21(20)25)14(12-18(24)23-16)13-7-4-3-5-8-13/h3-10,14-15,20H,2,11-12H2,1H3,(H,23,24)/t14-,15+,20-/m0/s1. The first-order chi connectivity index (χ1) is 13.6. The lowest BCUT2D eigenvalue weighted by atomic mass is 9.69. The van der Waals surface area contributed by atoms with Gasteiger partial charge >= 0.3 is 5.97 Å². The number of ether oxygens (including phenoxy) is 1. The Morgan fingerprint density at radius 3 is 2.61 bits per heavy atom. The van der Waals surface area contributed by atoms with Crippen molar-refractivity contribution in [3.8, 4) is 0 Å². The number of hydrogen-bond donors (Lipinski definition) is 1. The minimum atomic E-state index is -0.876. The molecular formula is C22H21NO4S. The third-order valence-electron chi connectivity index (χ3n) is 5.38. The molecule has 2 aliphatic rings. The summed E-state index contributed by atoms with van der Waals surface area (Å²) in [6, 6.07) is 13.4. The van der Waals surface area contributed by atoms with Gasteiger partial charge in [-0.05, 0) is 30.4 Å². The molecule has 0 saturated heterocycles. The molecule has 144 valence electrons. The summed E-state index contributed by atoms with van der Waals surface area (Å²) in [4.78, 5) is 39.6. The first-order valence-corrected chi connectivity index (χ1v) is 10.3. The molecule has 1 aromatic heterocycles. The maximum Gasteiger partial charge on any atom is 0.317 e. The van der Waals surface area contributed by atoms with Crippen LogP contribution < -0.4 is 5.32 Å². The van der Waals surface area contributed by atoms with Crippen molar-refractivity contribution in [1.29, 1.82) is 0 Å². The number of rotatable bonds is 4. The summed E-state index contributed by atoms with van der Waals surface area (Å²) in [5, 5.41) is 4.83. The van der Waals surface area contributed by atoms with Gasteiger partial charge in [0.1, 0.15) is 5.92 Å². The molecule has 1 aliphatic carbocycles. The number of ketones is 1. The van der Waals surface area contributed by atoms with E-state index in [0.717, 1.165) is 10.4 Å². The maximum absolute atomic E-state index is 13.6. The Kier molecular flexibility index (Phi) is 5.13. The zero-order valence-electron chi connectivity index (χ0n) is 15.5. The lowest BCUT2D eigenvalue weighted by molar-refractivity contribution is -0.152. The van der Waals surface area contributed by atoms with Gasteiger partial charge in [0, 0.05) is 34.4 Å². The summed E-state index contributed by atoms with van der Waals surface area (Å²) in [6.07, 6.45) is 0.647. The lowest BCUT2D eigenvalue weighted by Gasteiger charge is -2.37. The van der Waals surface area contributed by atoms with Gasteiger partial charge in [0.15, 0.2) is 5.78 Å². The highest BCUT2D eigenvalue weighted by molar-refractivity contribution is 7.10. The van der Waals surface area contributed by atoms with Crippen LogP contribution in [-0.4, -0.2) is 24.3 Å². The number of thiophene rings is 1. The molecule has 0 unspecified atom stereocenters. The van der Waals surface area contributed by atoms with Crippen LogP contribution in [0.2, 0.25) is 0 Å². The Balaban J connectivity index is 1.81. The highest BCUT2D eigenvalue weighted by Gasteiger charge is 2.47. The Labute approximate surface area is 167 Å². The number of allylic oxidation sites excluding steroid dienone is 2. The van der Waals surface area contributed by atoms with E-state index in [-0.39, 0.29) is 36.6 Å². The average Bonchev–Trinajstić information content (AvgIpc) is 3.22. The largest absolute Gasteiger partial charge is 0.465 e. The van der Waals surface area contributed by atoms with Crippen molar-refractivity contribution in [2.24, 2.45) is 5.92 Å². The van der Waals surface area contributed by atoms with Crippen LogP contribution in [0.1, 0.15) is 42.0 Å². The van der Waals surface area contributed by atoms with Gasteiger partial charge in [0.2, 0.25) is 5.91 Å². The molecule has 0 spiro atoms. The Morgan fingerprint density at radius 2 is 1.93 bits per heavy atom. The number of nitrogens with one attached hydrogen (secondary N) is 1. The highest BCUT2D eigenvalue weighted by atomic mass is 32.1. The van der Waals surface area contributed by atoms with Gasteiger partial charge in [-0.1, -0.05) is 36.4 Å². The molecular weight excluding hydrogens is 374 g/mol. The molecule has 1 aromatic carbocycles. The second kappa shape index (κ2) is 7.72. The number of Topliss-reactive ketones (excluding diaryl/α,β-unsaturated/α-hetero) is 1. The third kappa shape index (κ3) is 3.29. The second-order valence-corrected chi connectivity index (χ2v) is 8.01. The number of benzene rings is 1. The molecule has 1 N–H and O–H groups in total. The SMILES string of the molecule is CCOC(=O)[C@@H]1C(=O)C2=C(C[C@@H]1c1cccs1)NC(=O)C[C@H]2c1ccccc1. The fourth-order valence-electron chi connectivity index (χ4n) is 4.19. The van der Waals surface area contributed by atoms with Gasteiger partial charge in [-0.2, -0.15) is 0 Å². The van der Waals surface area contributed by atoms with Crippen molar-refractivity contribution >= 4 is 29.0 Å². The van der Waals surface area contributed by atoms with E-state index < -0.39 is 11.9 Å². The highest BCUT2D eigenvalue weighted by Crippen LogP contribution is 2.46. The van der Waals surface area contributed by atoms with E-state index in [9.17, 15) is 14.4 Å². The molecule has 4 rings (SSSR count). The summed E-state index contributed by atoms with van der Waals surface area (Å²) in [5.41, 5.74) is 2.11. The molecule has 3 atom stereocenters. The minimum absolute atomic E-state index is 0.0973. The molecule has 28 heavy (non-hydrogen) atoms. The Bertz CT molecular complexity index is 933. The third-order valence-corrected chi connectivity index (χ3v) is 6.38. The van der Waals surface area contributed by atoms with Gasteiger partial charge in [-0.15, -0.1) is 11.3 Å². The number of esters is 1. The quantitative estimate of drug-likeness (QED) is 0.635. The van der Waals surface area contributed by atoms with Crippen molar-refractivity contribution in [3.05, 3.63) is 69.6 Å². The van der Waals surface area contributed by atoms with E-state index in [2.05, 4.69) is 5.32 Å². The molecule has 5 nitrogen and oxygen atoms in total. The molecule has 1 amide bonds. The molecule has 0 radical (unpaired) electrons. The van der Waals surface area contributed by atoms with Crippen LogP contribution in [0.25, 0.3) is 0 Å². The van der Waals surface area contributed by atoms with E-state index in [4.69, 9.17) is 4.74 Å². The van der Waals surface area contributed by atoms with Gasteiger partial charge in [-0.3, -0.25) is 14.4 Å². The summed E-state index contributed by atoms with van der Waals surface area (Å²) >= 11 is 1.51. The molecule has 1 aliphatic heterocycles. The summed E-state index contributed by atoms with van der Waals surface area (Å²) < 4.78 is 5.26. The molecule has 0 fully saturated rings. The van der Waals surface area contributed by atoms with Gasteiger partial charge < -0.3 is 10.1 Å². The molecule has 0 saturated carbocycles. The normalized spacial score (nSPS) is 24.5. The monoisotopic (exact) mass is 395 g/mol. The fraction of sp³-hybridized carbons (Fsp3) is 0.318. The van der Waals surface area contributed by atoms with E-state index in [0.29, 0.717) is 17.7 Å². The Hall–Kier alpha value is -2.73. The van der Waals surface area contributed by atoms with Crippen LogP contribution >= 0.6 is 11.3 Å². The Morgan fingerprint density at radius 1 is 1.14 bits per heavy atom. The minimum Gasteiger partial charge on any atom is -0.465 e. The van der Waals surface area contributed by atoms with Crippen LogP contribution in [0, 0.1) is 5.92 Å². The summed E-state index contributed by atoms with van der Waals surface area (Å²) in [6.45, 7) is 1.97. The van der Waals surface area contributed by atoms with Gasteiger partial charge in [0.25, 0.3) is 0 Å². The van der Waals surface area contributed by atoms with E-state index >= 15 is 0 Å². The van der Waals surface area contributed by atoms with Crippen molar-refractivity contribution in [2.75, 3.05) is 6.61 Å². The zero-order valence-corrected chi connectivity index (χ0v) is 16.3. The predicted octanol–water partition coefficient (Wildman–Crippen LogP) is 3.54. The number of carbonyl (C=O) groups excluding carboxylic acids is 3. The van der Waals surface area contributed by atoms with Gasteiger partial charge in [-0.25, -0.2) is 0 Å². The molecule has 0 bridgehead atoms. The summed E-state index contributed by atoms with van der Waals surface area (Å²) in [7, 11) is 0. The first-order valence-electron chi connectivity index (χ1n) is 9.42. The van der Waals surface area contributed by atoms with E-state index in [1.165, 1.54) is 11.3 Å². The smallest absolute Gasteiger partial charge is 0.317 e. The first kappa shape index (κ1) is 18.6. The van der Waals surface area contributed by atoms with Crippen LogP contribution in [0.4, 0.5) is 0 Å². The second-order valence-electron chi connectivity index (χ2n) is 7.03. The van der Waals surface area contributed by atoms with Crippen LogP contribution in [0.15, 0.2) is 59.1 Å². The van der Waals surface area contributed by atoms with E-state index in [1.54, 1.807) is 6.92 Å². The number of carbonyl (C=O) groups is 3. The predicted molar refractivity (Wildman–Crippen MR) is 106 cm³/mol. The van der Waals surface area contributed by atoms with Crippen molar-refractivity contribution in [1.82, 2.24) is 5.32 Å². The zero-order chi connectivity index (χ0) is 19.7. The van der Waals surface area contributed by atoms with Gasteiger partial charge in [0.05, 0.1) is 6.61 Å². The summed E-state index contributed by atoms with van der Waals surface area (Å²) in [5.74, 6) is -2.34. The van der Waals surface area contributed by atoms with Crippen molar-refractivity contribution < 1.29 is 19.1 Å². The molecule has 2 heterocycles. The number of amides is 1. The number of hydrogen-bond acceptors (Lipinski definition) is 5. The average molecular weight is 395 g/mol. The van der Waals surface area contributed by atoms with Crippen LogP contribution in [0.3, 0.4) is 0 Å². The maximum atomic E-state index is 13.6. The van der Waals surface area contributed by atoms with Crippen LogP contribution in [0.5, 0.6) is 0 Å². The van der Waals surface area contributed by atoms with Crippen molar-refractivity contribution in [3.63, 3.8) is 0 Å². The van der Waals surface area contributed by atoms with E-state index in [1.807, 2.05) is 47.8 Å². The molecule has 2 aromatic rings. The fourth-order valence-corrected chi connectivity index (χ4v) is 5.06. The molecule has 6 heteroatoms. The van der Waals surface area contributed by atoms with Crippen molar-refractivity contribution in [2.45, 2.75) is 31.6 Å².